The van der Waals surface area contributed by atoms with Gasteiger partial charge in [0.1, 0.15) is 0 Å². The van der Waals surface area contributed by atoms with E-state index in [4.69, 9.17) is 10.5 Å². The van der Waals surface area contributed by atoms with Crippen LogP contribution in [0.25, 0.3) is 0 Å². The number of nitrogens with two attached hydrogens (primary N) is 1. The Bertz CT molecular complexity index is 385. The molecule has 1 heterocycles. The van der Waals surface area contributed by atoms with Gasteiger partial charge in [-0.25, -0.2) is 8.42 Å². The number of hydrogen-bond acceptors (Lipinski definition) is 4. The highest BCUT2D eigenvalue weighted by Crippen LogP contribution is 2.38. The van der Waals surface area contributed by atoms with E-state index in [2.05, 4.69) is 6.92 Å². The van der Waals surface area contributed by atoms with Crippen LogP contribution in [0, 0.1) is 5.92 Å². The lowest BCUT2D eigenvalue weighted by molar-refractivity contribution is -0.105. The third kappa shape index (κ3) is 3.92. The zero-order valence-electron chi connectivity index (χ0n) is 11.9. The molecule has 19 heavy (non-hydrogen) atoms. The van der Waals surface area contributed by atoms with Crippen LogP contribution in [0.3, 0.4) is 0 Å². The molecule has 2 fully saturated rings. The summed E-state index contributed by atoms with van der Waals surface area (Å²) in [5.41, 5.74) is 5.67. The molecule has 0 radical (unpaired) electrons. The maximum absolute atomic E-state index is 11.5. The minimum absolute atomic E-state index is 0.128. The Balaban J connectivity index is 1.90. The predicted molar refractivity (Wildman–Crippen MR) is 76.8 cm³/mol. The van der Waals surface area contributed by atoms with Crippen LogP contribution in [0.15, 0.2) is 0 Å². The molecule has 1 aliphatic heterocycles. The summed E-state index contributed by atoms with van der Waals surface area (Å²) in [5, 5.41) is 0. The third-order valence-electron chi connectivity index (χ3n) is 4.69. The van der Waals surface area contributed by atoms with E-state index in [1.54, 1.807) is 0 Å². The Morgan fingerprint density at radius 3 is 2.42 bits per heavy atom. The van der Waals surface area contributed by atoms with Crippen molar-refractivity contribution in [2.24, 2.45) is 11.7 Å². The van der Waals surface area contributed by atoms with Crippen molar-refractivity contribution in [1.82, 2.24) is 0 Å². The molecule has 1 saturated heterocycles. The van der Waals surface area contributed by atoms with Gasteiger partial charge in [-0.05, 0) is 38.0 Å². The predicted octanol–water partition coefficient (Wildman–Crippen LogP) is 1.88. The lowest BCUT2D eigenvalue weighted by Crippen LogP contribution is -2.46. The van der Waals surface area contributed by atoms with Crippen LogP contribution < -0.4 is 5.73 Å². The van der Waals surface area contributed by atoms with E-state index in [1.165, 1.54) is 25.7 Å². The van der Waals surface area contributed by atoms with Crippen molar-refractivity contribution in [3.05, 3.63) is 0 Å². The molecule has 2 aliphatic rings. The first kappa shape index (κ1) is 15.3. The molecule has 0 aromatic carbocycles. The van der Waals surface area contributed by atoms with E-state index >= 15 is 0 Å². The number of hydrogen-bond donors (Lipinski definition) is 1. The Hall–Kier alpha value is -0.130. The molecule has 1 aliphatic carbocycles. The number of sulfone groups is 1. The molecule has 2 rings (SSSR count). The van der Waals surface area contributed by atoms with Crippen molar-refractivity contribution in [1.29, 1.82) is 0 Å². The Kier molecular flexibility index (Phi) is 4.90. The van der Waals surface area contributed by atoms with Gasteiger partial charge in [-0.1, -0.05) is 19.8 Å². The number of rotatable bonds is 5. The van der Waals surface area contributed by atoms with Crippen LogP contribution in [0.5, 0.6) is 0 Å². The first-order valence-corrected chi connectivity index (χ1v) is 9.39. The first-order chi connectivity index (χ1) is 8.99. The minimum Gasteiger partial charge on any atom is -0.369 e. The maximum Gasteiger partial charge on any atom is 0.152 e. The molecule has 1 saturated carbocycles. The van der Waals surface area contributed by atoms with Crippen LogP contribution >= 0.6 is 0 Å². The molecule has 4 nitrogen and oxygen atoms in total. The highest BCUT2D eigenvalue weighted by molar-refractivity contribution is 7.91. The van der Waals surface area contributed by atoms with E-state index in [0.717, 1.165) is 18.8 Å². The monoisotopic (exact) mass is 289 g/mol. The second-order valence-electron chi connectivity index (χ2n) is 6.26. The zero-order chi connectivity index (χ0) is 13.9. The van der Waals surface area contributed by atoms with Gasteiger partial charge in [-0.2, -0.15) is 0 Å². The summed E-state index contributed by atoms with van der Waals surface area (Å²) in [6.45, 7) is 2.74. The van der Waals surface area contributed by atoms with Crippen LogP contribution in [-0.4, -0.2) is 38.2 Å². The molecule has 0 bridgehead atoms. The van der Waals surface area contributed by atoms with E-state index in [-0.39, 0.29) is 23.2 Å². The number of ether oxygens (including phenoxy) is 1. The highest BCUT2D eigenvalue weighted by Gasteiger charge is 2.39. The van der Waals surface area contributed by atoms with E-state index < -0.39 is 9.84 Å². The van der Waals surface area contributed by atoms with Crippen molar-refractivity contribution in [3.8, 4) is 0 Å². The van der Waals surface area contributed by atoms with Crippen LogP contribution in [0.4, 0.5) is 0 Å². The zero-order valence-corrected chi connectivity index (χ0v) is 12.8. The Morgan fingerprint density at radius 2 is 1.95 bits per heavy atom. The van der Waals surface area contributed by atoms with E-state index in [1.807, 2.05) is 0 Å². The van der Waals surface area contributed by atoms with Gasteiger partial charge in [-0.3, -0.25) is 0 Å². The molecule has 0 amide bonds. The average Bonchev–Trinajstić information content (AvgIpc) is 2.71. The molecular weight excluding hydrogens is 262 g/mol. The first-order valence-electron chi connectivity index (χ1n) is 7.57. The van der Waals surface area contributed by atoms with Gasteiger partial charge in [0.15, 0.2) is 9.84 Å². The fourth-order valence-corrected chi connectivity index (χ4v) is 5.07. The largest absolute Gasteiger partial charge is 0.369 e. The minimum atomic E-state index is -2.87. The topological polar surface area (TPSA) is 69.4 Å². The molecule has 0 aromatic heterocycles. The van der Waals surface area contributed by atoms with Crippen LogP contribution in [0.1, 0.15) is 51.9 Å². The normalized spacial score (nSPS) is 38.4. The van der Waals surface area contributed by atoms with E-state index in [9.17, 15) is 8.42 Å². The fourth-order valence-electron chi connectivity index (χ4n) is 3.48. The van der Waals surface area contributed by atoms with Crippen LogP contribution in [0.2, 0.25) is 0 Å². The van der Waals surface area contributed by atoms with Gasteiger partial charge in [0, 0.05) is 6.54 Å². The van der Waals surface area contributed by atoms with Gasteiger partial charge in [0.05, 0.1) is 23.2 Å². The fraction of sp³-hybridized carbons (Fsp3) is 1.00. The van der Waals surface area contributed by atoms with E-state index in [0.29, 0.717) is 13.0 Å². The van der Waals surface area contributed by atoms with Crippen molar-refractivity contribution in [2.75, 3.05) is 18.1 Å². The molecule has 0 spiro atoms. The Morgan fingerprint density at radius 1 is 1.26 bits per heavy atom. The Labute approximate surface area is 117 Å². The third-order valence-corrected chi connectivity index (χ3v) is 6.43. The molecule has 5 heteroatoms. The molecular formula is C14H27NO3S. The molecule has 1 unspecified atom stereocenters. The summed E-state index contributed by atoms with van der Waals surface area (Å²) < 4.78 is 29.1. The lowest BCUT2D eigenvalue weighted by Gasteiger charge is -2.41. The summed E-state index contributed by atoms with van der Waals surface area (Å²) in [6, 6.07) is 0. The smallest absolute Gasteiger partial charge is 0.152 e. The van der Waals surface area contributed by atoms with Crippen LogP contribution in [-0.2, 0) is 14.6 Å². The second-order valence-corrected chi connectivity index (χ2v) is 8.49. The molecule has 0 aromatic rings. The lowest BCUT2D eigenvalue weighted by atomic mass is 9.77. The van der Waals surface area contributed by atoms with Crippen molar-refractivity contribution >= 4 is 9.84 Å². The van der Waals surface area contributed by atoms with Gasteiger partial charge in [0.2, 0.25) is 0 Å². The summed E-state index contributed by atoms with van der Waals surface area (Å²) in [5.74, 6) is 1.27. The molecule has 112 valence electrons. The second kappa shape index (κ2) is 6.10. The molecule has 1 atom stereocenters. The van der Waals surface area contributed by atoms with Gasteiger partial charge in [-0.15, -0.1) is 0 Å². The van der Waals surface area contributed by atoms with Gasteiger partial charge < -0.3 is 10.5 Å². The quantitative estimate of drug-likeness (QED) is 0.839. The average molecular weight is 289 g/mol. The van der Waals surface area contributed by atoms with Crippen molar-refractivity contribution in [2.45, 2.75) is 63.6 Å². The summed E-state index contributed by atoms with van der Waals surface area (Å²) in [6.07, 6.45) is 7.37. The summed E-state index contributed by atoms with van der Waals surface area (Å²) >= 11 is 0. The SMILES string of the molecule is CCCC1CCC(CN)(OC2CCS(=O)(=O)C2)CC1. The maximum atomic E-state index is 11.5. The molecule has 2 N–H and O–H groups in total. The summed E-state index contributed by atoms with van der Waals surface area (Å²) in [7, 11) is -2.87. The summed E-state index contributed by atoms with van der Waals surface area (Å²) in [4.78, 5) is 0. The van der Waals surface area contributed by atoms with Crippen molar-refractivity contribution < 1.29 is 13.2 Å². The van der Waals surface area contributed by atoms with Gasteiger partial charge >= 0.3 is 0 Å². The highest BCUT2D eigenvalue weighted by atomic mass is 32.2. The van der Waals surface area contributed by atoms with Crippen molar-refractivity contribution in [3.63, 3.8) is 0 Å². The standard InChI is InChI=1S/C14H27NO3S/c1-2-3-12-4-7-14(11-15,8-5-12)18-13-6-9-19(16,17)10-13/h12-13H,2-11,15H2,1H3. The van der Waals surface area contributed by atoms with Gasteiger partial charge in [0.25, 0.3) is 0 Å².